The molecule has 0 spiro atoms. The summed E-state index contributed by atoms with van der Waals surface area (Å²) in [5.74, 6) is 0. The molecule has 76 valence electrons. The van der Waals surface area contributed by atoms with Gasteiger partial charge in [-0.15, -0.1) is 22.7 Å². The quantitative estimate of drug-likeness (QED) is 0.809. The van der Waals surface area contributed by atoms with Gasteiger partial charge < -0.3 is 11.5 Å². The van der Waals surface area contributed by atoms with Crippen LogP contribution in [0.3, 0.4) is 0 Å². The van der Waals surface area contributed by atoms with E-state index in [1.807, 2.05) is 10.8 Å². The predicted molar refractivity (Wildman–Crippen MR) is 60.0 cm³/mol. The van der Waals surface area contributed by atoms with Crippen molar-refractivity contribution in [1.29, 1.82) is 0 Å². The molecule has 14 heavy (non-hydrogen) atoms. The summed E-state index contributed by atoms with van der Waals surface area (Å²) >= 11 is 3.17. The van der Waals surface area contributed by atoms with Crippen molar-refractivity contribution < 1.29 is 0 Å². The molecule has 4 N–H and O–H groups in total. The Morgan fingerprint density at radius 1 is 0.929 bits per heavy atom. The maximum absolute atomic E-state index is 5.24. The Hall–Kier alpha value is -0.820. The first-order valence-corrected chi connectivity index (χ1v) is 5.79. The lowest BCUT2D eigenvalue weighted by molar-refractivity contribution is 1.04. The minimum Gasteiger partial charge on any atom is -0.325 e. The van der Waals surface area contributed by atoms with Gasteiger partial charge in [0.1, 0.15) is 10.0 Å². The van der Waals surface area contributed by atoms with Gasteiger partial charge >= 0.3 is 0 Å². The third kappa shape index (κ3) is 3.93. The summed E-state index contributed by atoms with van der Waals surface area (Å²) in [5.41, 5.74) is 10.5. The number of hydrogen-bond acceptors (Lipinski definition) is 6. The summed E-state index contributed by atoms with van der Waals surface area (Å²) < 4.78 is 0. The number of nitrogens with two attached hydrogens (primary N) is 2. The van der Waals surface area contributed by atoms with Gasteiger partial charge in [-0.05, 0) is 0 Å². The SMILES string of the molecule is NCc1nccs1.NCc1nccs1. The minimum absolute atomic E-state index is 0.567. The second kappa shape index (κ2) is 6.61. The van der Waals surface area contributed by atoms with Gasteiger partial charge in [0.05, 0.1) is 0 Å². The molecule has 2 heterocycles. The smallest absolute Gasteiger partial charge is 0.106 e. The number of rotatable bonds is 2. The molecular weight excluding hydrogens is 216 g/mol. The molecule has 2 rings (SSSR count). The van der Waals surface area contributed by atoms with E-state index in [9.17, 15) is 0 Å². The van der Waals surface area contributed by atoms with Gasteiger partial charge in [0.25, 0.3) is 0 Å². The van der Waals surface area contributed by atoms with E-state index in [0.717, 1.165) is 10.0 Å². The summed E-state index contributed by atoms with van der Waals surface area (Å²) in [5, 5.41) is 5.84. The van der Waals surface area contributed by atoms with Crippen molar-refractivity contribution in [3.63, 3.8) is 0 Å². The first-order chi connectivity index (χ1) is 6.86. The lowest BCUT2D eigenvalue weighted by atomic mass is 10.7. The second-order valence-corrected chi connectivity index (χ2v) is 4.22. The van der Waals surface area contributed by atoms with Crippen LogP contribution < -0.4 is 11.5 Å². The number of thiazole rings is 2. The van der Waals surface area contributed by atoms with Crippen molar-refractivity contribution in [2.75, 3.05) is 0 Å². The van der Waals surface area contributed by atoms with Crippen LogP contribution in [0.2, 0.25) is 0 Å². The van der Waals surface area contributed by atoms with Crippen LogP contribution in [-0.2, 0) is 13.1 Å². The highest BCUT2D eigenvalue weighted by atomic mass is 32.1. The Kier molecular flexibility index (Phi) is 5.31. The van der Waals surface area contributed by atoms with Crippen LogP contribution in [0.5, 0.6) is 0 Å². The second-order valence-electron chi connectivity index (χ2n) is 2.26. The summed E-state index contributed by atoms with van der Waals surface area (Å²) in [6.45, 7) is 1.13. The number of nitrogens with zero attached hydrogens (tertiary/aromatic N) is 2. The van der Waals surface area contributed by atoms with Gasteiger partial charge in [-0.3, -0.25) is 0 Å². The van der Waals surface area contributed by atoms with Crippen molar-refractivity contribution in [1.82, 2.24) is 9.97 Å². The zero-order valence-corrected chi connectivity index (χ0v) is 9.22. The molecule has 4 nitrogen and oxygen atoms in total. The highest BCUT2D eigenvalue weighted by Gasteiger charge is 1.85. The van der Waals surface area contributed by atoms with Gasteiger partial charge in [0.2, 0.25) is 0 Å². The van der Waals surface area contributed by atoms with Crippen molar-refractivity contribution in [3.05, 3.63) is 33.2 Å². The van der Waals surface area contributed by atoms with E-state index in [0.29, 0.717) is 13.1 Å². The van der Waals surface area contributed by atoms with E-state index in [-0.39, 0.29) is 0 Å². The van der Waals surface area contributed by atoms with Gasteiger partial charge in [0.15, 0.2) is 0 Å². The third-order valence-corrected chi connectivity index (χ3v) is 2.92. The molecule has 0 aliphatic heterocycles. The molecule has 0 amide bonds. The molecule has 2 aromatic rings. The third-order valence-electron chi connectivity index (χ3n) is 1.32. The lowest BCUT2D eigenvalue weighted by Crippen LogP contribution is -1.93. The van der Waals surface area contributed by atoms with E-state index >= 15 is 0 Å². The molecule has 6 heteroatoms. The van der Waals surface area contributed by atoms with Crippen LogP contribution >= 0.6 is 22.7 Å². The monoisotopic (exact) mass is 228 g/mol. The largest absolute Gasteiger partial charge is 0.325 e. The Morgan fingerprint density at radius 2 is 1.36 bits per heavy atom. The zero-order valence-electron chi connectivity index (χ0n) is 7.59. The Labute approximate surface area is 90.6 Å². The first-order valence-electron chi connectivity index (χ1n) is 4.03. The molecule has 0 fully saturated rings. The van der Waals surface area contributed by atoms with E-state index in [4.69, 9.17) is 11.5 Å². The Balaban J connectivity index is 0.000000140. The first kappa shape index (κ1) is 11.3. The van der Waals surface area contributed by atoms with Crippen molar-refractivity contribution >= 4 is 22.7 Å². The van der Waals surface area contributed by atoms with Crippen molar-refractivity contribution in [3.8, 4) is 0 Å². The molecule has 2 aromatic heterocycles. The summed E-state index contributed by atoms with van der Waals surface area (Å²) in [7, 11) is 0. The molecule has 0 aliphatic rings. The van der Waals surface area contributed by atoms with Gasteiger partial charge in [0, 0.05) is 36.2 Å². The van der Waals surface area contributed by atoms with Crippen LogP contribution in [0, 0.1) is 0 Å². The van der Waals surface area contributed by atoms with Gasteiger partial charge in [-0.2, -0.15) is 0 Å². The van der Waals surface area contributed by atoms with E-state index in [2.05, 4.69) is 9.97 Å². The molecule has 0 radical (unpaired) electrons. The zero-order chi connectivity index (χ0) is 10.2. The van der Waals surface area contributed by atoms with Crippen LogP contribution in [0.15, 0.2) is 23.2 Å². The van der Waals surface area contributed by atoms with E-state index in [1.165, 1.54) is 0 Å². The Bertz CT molecular complexity index is 283. The van der Waals surface area contributed by atoms with Crippen LogP contribution in [-0.4, -0.2) is 9.97 Å². The van der Waals surface area contributed by atoms with E-state index in [1.54, 1.807) is 35.1 Å². The summed E-state index contributed by atoms with van der Waals surface area (Å²) in [6.07, 6.45) is 3.51. The summed E-state index contributed by atoms with van der Waals surface area (Å²) in [4.78, 5) is 7.86. The fraction of sp³-hybridized carbons (Fsp3) is 0.250. The summed E-state index contributed by atoms with van der Waals surface area (Å²) in [6, 6.07) is 0. The number of aromatic nitrogens is 2. The molecule has 0 bridgehead atoms. The fourth-order valence-corrected chi connectivity index (χ4v) is 1.70. The van der Waals surface area contributed by atoms with Crippen molar-refractivity contribution in [2.24, 2.45) is 11.5 Å². The maximum atomic E-state index is 5.24. The molecule has 0 aliphatic carbocycles. The van der Waals surface area contributed by atoms with Crippen LogP contribution in [0.25, 0.3) is 0 Å². The minimum atomic E-state index is 0.567. The maximum Gasteiger partial charge on any atom is 0.106 e. The Morgan fingerprint density at radius 3 is 1.50 bits per heavy atom. The van der Waals surface area contributed by atoms with Gasteiger partial charge in [-0.25, -0.2) is 9.97 Å². The van der Waals surface area contributed by atoms with Gasteiger partial charge in [-0.1, -0.05) is 0 Å². The highest BCUT2D eigenvalue weighted by Crippen LogP contribution is 2.00. The molecule has 0 saturated heterocycles. The normalized spacial score (nSPS) is 9.29. The van der Waals surface area contributed by atoms with Crippen LogP contribution in [0.1, 0.15) is 10.0 Å². The molecule has 0 unspecified atom stereocenters. The average Bonchev–Trinajstić information content (AvgIpc) is 2.92. The molecule has 0 atom stereocenters. The van der Waals surface area contributed by atoms with Crippen molar-refractivity contribution in [2.45, 2.75) is 13.1 Å². The topological polar surface area (TPSA) is 77.8 Å². The van der Waals surface area contributed by atoms with E-state index < -0.39 is 0 Å². The number of hydrogen-bond donors (Lipinski definition) is 2. The average molecular weight is 228 g/mol. The fourth-order valence-electron chi connectivity index (χ4n) is 0.708. The lowest BCUT2D eigenvalue weighted by Gasteiger charge is -1.78. The molecular formula is C8H12N4S2. The predicted octanol–water partition coefficient (Wildman–Crippen LogP) is 1.20. The molecule has 0 saturated carbocycles. The molecule has 0 aromatic carbocycles. The standard InChI is InChI=1S/2C4H6N2S/c2*5-3-4-6-1-2-7-4/h2*1-2H,3,5H2. The highest BCUT2D eigenvalue weighted by molar-refractivity contribution is 7.09. The van der Waals surface area contributed by atoms with Crippen LogP contribution in [0.4, 0.5) is 0 Å².